The highest BCUT2D eigenvalue weighted by atomic mass is 35.5. The van der Waals surface area contributed by atoms with Crippen molar-refractivity contribution >= 4 is 17.6 Å². The first-order chi connectivity index (χ1) is 7.00. The summed E-state index contributed by atoms with van der Waals surface area (Å²) < 4.78 is 5.49. The Labute approximate surface area is 95.8 Å². The minimum Gasteiger partial charge on any atom is -0.479 e. The molecule has 0 radical (unpaired) electrons. The van der Waals surface area contributed by atoms with Gasteiger partial charge in [0.25, 0.3) is 0 Å². The van der Waals surface area contributed by atoms with Crippen molar-refractivity contribution in [1.82, 2.24) is 0 Å². The van der Waals surface area contributed by atoms with Gasteiger partial charge in [-0.15, -0.1) is 11.6 Å². The Bertz CT molecular complexity index is 220. The molecule has 2 atom stereocenters. The summed E-state index contributed by atoms with van der Waals surface area (Å²) >= 11 is 5.54. The van der Waals surface area contributed by atoms with E-state index in [1.54, 1.807) is 0 Å². The van der Waals surface area contributed by atoms with Gasteiger partial charge >= 0.3 is 5.97 Å². The Morgan fingerprint density at radius 1 is 1.47 bits per heavy atom. The maximum absolute atomic E-state index is 11.3. The summed E-state index contributed by atoms with van der Waals surface area (Å²) in [6.07, 6.45) is 2.28. The van der Waals surface area contributed by atoms with Gasteiger partial charge < -0.3 is 9.84 Å². The summed E-state index contributed by atoms with van der Waals surface area (Å²) in [6.45, 7) is 4.47. The molecule has 2 unspecified atom stereocenters. The first-order valence-electron chi connectivity index (χ1n) is 5.43. The summed E-state index contributed by atoms with van der Waals surface area (Å²) in [6, 6.07) is 0. The van der Waals surface area contributed by atoms with Gasteiger partial charge in [-0.2, -0.15) is 0 Å². The monoisotopic (exact) mass is 234 g/mol. The summed E-state index contributed by atoms with van der Waals surface area (Å²) in [4.78, 5) is 11.3. The zero-order valence-corrected chi connectivity index (χ0v) is 10.1. The average Bonchev–Trinajstić information content (AvgIpc) is 2.13. The van der Waals surface area contributed by atoms with Crippen LogP contribution in [0.3, 0.4) is 0 Å². The second kappa shape index (κ2) is 5.17. The Balaban J connectivity index is 2.74. The maximum atomic E-state index is 11.3. The van der Waals surface area contributed by atoms with E-state index in [1.807, 2.05) is 0 Å². The summed E-state index contributed by atoms with van der Waals surface area (Å²) in [5.41, 5.74) is -0.994. The molecule has 1 rings (SSSR count). The third kappa shape index (κ3) is 3.08. The van der Waals surface area contributed by atoms with E-state index in [0.29, 0.717) is 37.2 Å². The smallest absolute Gasteiger partial charge is 0.335 e. The van der Waals surface area contributed by atoms with Crippen molar-refractivity contribution in [3.05, 3.63) is 0 Å². The fraction of sp³-hybridized carbons (Fsp3) is 0.909. The van der Waals surface area contributed by atoms with Crippen molar-refractivity contribution in [3.8, 4) is 0 Å². The van der Waals surface area contributed by atoms with Crippen molar-refractivity contribution in [2.24, 2.45) is 11.8 Å². The summed E-state index contributed by atoms with van der Waals surface area (Å²) in [5, 5.41) is 9.28. The molecule has 1 saturated carbocycles. The van der Waals surface area contributed by atoms with Crippen LogP contribution >= 0.6 is 11.6 Å². The number of rotatable bonds is 4. The normalized spacial score (nSPS) is 36.5. The van der Waals surface area contributed by atoms with E-state index in [1.165, 1.54) is 0 Å². The van der Waals surface area contributed by atoms with Gasteiger partial charge in [0.05, 0.1) is 6.61 Å². The summed E-state index contributed by atoms with van der Waals surface area (Å²) in [7, 11) is 0. The molecule has 0 aromatic heterocycles. The van der Waals surface area contributed by atoms with Gasteiger partial charge in [-0.05, 0) is 31.1 Å². The second-order valence-electron chi connectivity index (χ2n) is 4.69. The van der Waals surface area contributed by atoms with Crippen LogP contribution in [0.4, 0.5) is 0 Å². The molecular formula is C11H19ClO3. The van der Waals surface area contributed by atoms with E-state index < -0.39 is 11.6 Å². The lowest BCUT2D eigenvalue weighted by Crippen LogP contribution is -2.47. The highest BCUT2D eigenvalue weighted by Crippen LogP contribution is 2.38. The maximum Gasteiger partial charge on any atom is 0.335 e. The minimum absolute atomic E-state index is 0.313. The van der Waals surface area contributed by atoms with Crippen LogP contribution in [0.1, 0.15) is 33.1 Å². The molecule has 1 N–H and O–H groups in total. The molecule has 3 nitrogen and oxygen atoms in total. The number of carboxylic acid groups (broad SMARTS) is 1. The molecule has 4 heteroatoms. The topological polar surface area (TPSA) is 46.5 Å². The Morgan fingerprint density at radius 2 is 2.00 bits per heavy atom. The zero-order valence-electron chi connectivity index (χ0n) is 9.33. The van der Waals surface area contributed by atoms with Gasteiger partial charge in [0.1, 0.15) is 0 Å². The van der Waals surface area contributed by atoms with Crippen LogP contribution in [-0.2, 0) is 9.53 Å². The van der Waals surface area contributed by atoms with Crippen molar-refractivity contribution < 1.29 is 14.6 Å². The highest BCUT2D eigenvalue weighted by Gasteiger charge is 2.45. The minimum atomic E-state index is -0.994. The molecule has 1 fully saturated rings. The fourth-order valence-electron chi connectivity index (χ4n) is 2.65. The molecule has 0 heterocycles. The van der Waals surface area contributed by atoms with Crippen molar-refractivity contribution in [1.29, 1.82) is 0 Å². The molecule has 0 saturated heterocycles. The van der Waals surface area contributed by atoms with E-state index >= 15 is 0 Å². The Hall–Kier alpha value is -0.280. The SMILES string of the molecule is CC1CC(C)CC(OCCCl)(C(=O)O)C1. The molecule has 0 amide bonds. The van der Waals surface area contributed by atoms with Gasteiger partial charge in [0.15, 0.2) is 5.60 Å². The van der Waals surface area contributed by atoms with Crippen LogP contribution in [0.5, 0.6) is 0 Å². The number of ether oxygens (including phenoxy) is 1. The molecule has 15 heavy (non-hydrogen) atoms. The van der Waals surface area contributed by atoms with E-state index in [0.717, 1.165) is 6.42 Å². The number of hydrogen-bond acceptors (Lipinski definition) is 2. The zero-order chi connectivity index (χ0) is 11.5. The Kier molecular flexibility index (Phi) is 4.41. The van der Waals surface area contributed by atoms with E-state index in [4.69, 9.17) is 16.3 Å². The van der Waals surface area contributed by atoms with E-state index in [9.17, 15) is 9.90 Å². The van der Waals surface area contributed by atoms with Gasteiger partial charge in [0, 0.05) is 5.88 Å². The number of carboxylic acids is 1. The third-order valence-corrected chi connectivity index (χ3v) is 3.16. The van der Waals surface area contributed by atoms with Crippen LogP contribution in [0, 0.1) is 11.8 Å². The quantitative estimate of drug-likeness (QED) is 0.761. The standard InChI is InChI=1S/C11H19ClO3/c1-8-5-9(2)7-11(6-8,10(13)14)15-4-3-12/h8-9H,3-7H2,1-2H3,(H,13,14). The third-order valence-electron chi connectivity index (χ3n) is 3.01. The van der Waals surface area contributed by atoms with Crippen LogP contribution in [-0.4, -0.2) is 29.2 Å². The van der Waals surface area contributed by atoms with Crippen LogP contribution in [0.15, 0.2) is 0 Å². The molecule has 0 aromatic rings. The number of hydrogen-bond donors (Lipinski definition) is 1. The second-order valence-corrected chi connectivity index (χ2v) is 5.07. The lowest BCUT2D eigenvalue weighted by molar-refractivity contribution is -0.174. The van der Waals surface area contributed by atoms with Crippen LogP contribution in [0.2, 0.25) is 0 Å². The fourth-order valence-corrected chi connectivity index (χ4v) is 2.73. The van der Waals surface area contributed by atoms with Crippen molar-refractivity contribution in [3.63, 3.8) is 0 Å². The Morgan fingerprint density at radius 3 is 2.40 bits per heavy atom. The number of alkyl halides is 1. The molecule has 1 aliphatic carbocycles. The largest absolute Gasteiger partial charge is 0.479 e. The molecule has 0 spiro atoms. The molecule has 0 aliphatic heterocycles. The van der Waals surface area contributed by atoms with Crippen LogP contribution < -0.4 is 0 Å². The number of carbonyl (C=O) groups is 1. The van der Waals surface area contributed by atoms with Crippen molar-refractivity contribution in [2.45, 2.75) is 38.7 Å². The lowest BCUT2D eigenvalue weighted by atomic mass is 9.73. The van der Waals surface area contributed by atoms with Gasteiger partial charge in [0.2, 0.25) is 0 Å². The molecule has 0 bridgehead atoms. The van der Waals surface area contributed by atoms with E-state index in [2.05, 4.69) is 13.8 Å². The van der Waals surface area contributed by atoms with Gasteiger partial charge in [-0.1, -0.05) is 13.8 Å². The lowest BCUT2D eigenvalue weighted by Gasteiger charge is -2.39. The number of halogens is 1. The van der Waals surface area contributed by atoms with Gasteiger partial charge in [-0.25, -0.2) is 4.79 Å². The van der Waals surface area contributed by atoms with Gasteiger partial charge in [-0.3, -0.25) is 0 Å². The van der Waals surface area contributed by atoms with Crippen molar-refractivity contribution in [2.75, 3.05) is 12.5 Å². The highest BCUT2D eigenvalue weighted by molar-refractivity contribution is 6.18. The van der Waals surface area contributed by atoms with E-state index in [-0.39, 0.29) is 0 Å². The first kappa shape index (κ1) is 12.8. The molecule has 88 valence electrons. The number of aliphatic carboxylic acids is 1. The molecule has 0 aromatic carbocycles. The first-order valence-corrected chi connectivity index (χ1v) is 5.97. The molecular weight excluding hydrogens is 216 g/mol. The predicted molar refractivity (Wildman–Crippen MR) is 59.2 cm³/mol. The van der Waals surface area contributed by atoms with Crippen LogP contribution in [0.25, 0.3) is 0 Å². The molecule has 1 aliphatic rings. The summed E-state index contributed by atoms with van der Waals surface area (Å²) in [5.74, 6) is 0.309. The average molecular weight is 235 g/mol. The predicted octanol–water partition coefficient (Wildman–Crippen LogP) is 2.52.